The molecular weight excluding hydrogens is 502 g/mol. The lowest BCUT2D eigenvalue weighted by atomic mass is 9.94. The average molecular weight is 530 g/mol. The van der Waals surface area contributed by atoms with E-state index in [0.29, 0.717) is 28.5 Å². The minimum Gasteiger partial charge on any atom is -0.383 e. The molecule has 5 rings (SSSR count). The van der Waals surface area contributed by atoms with Crippen molar-refractivity contribution in [3.8, 4) is 23.3 Å². The Kier molecular flexibility index (Phi) is 7.11. The van der Waals surface area contributed by atoms with Crippen LogP contribution in [0.5, 0.6) is 0 Å². The number of hydrogen-bond acceptors (Lipinski definition) is 6. The number of anilines is 1. The molecular formula is C32H27N5OS. The molecule has 0 spiro atoms. The van der Waals surface area contributed by atoms with E-state index in [-0.39, 0.29) is 22.9 Å². The van der Waals surface area contributed by atoms with Gasteiger partial charge < -0.3 is 5.73 Å². The van der Waals surface area contributed by atoms with Crippen molar-refractivity contribution >= 4 is 45.3 Å². The molecule has 39 heavy (non-hydrogen) atoms. The summed E-state index contributed by atoms with van der Waals surface area (Å²) >= 11 is 1.22. The summed E-state index contributed by atoms with van der Waals surface area (Å²) in [6, 6.07) is 27.9. The van der Waals surface area contributed by atoms with Gasteiger partial charge in [-0.1, -0.05) is 93.2 Å². The summed E-state index contributed by atoms with van der Waals surface area (Å²) in [6.45, 7) is 6.15. The Morgan fingerprint density at radius 1 is 0.923 bits per heavy atom. The molecule has 0 saturated heterocycles. The molecule has 1 unspecified atom stereocenters. The van der Waals surface area contributed by atoms with Crippen molar-refractivity contribution < 1.29 is 4.79 Å². The van der Waals surface area contributed by atoms with Crippen LogP contribution < -0.4 is 5.73 Å². The fraction of sp³-hybridized carbons (Fsp3) is 0.188. The maximum atomic E-state index is 14.1. The molecule has 0 bridgehead atoms. The highest BCUT2D eigenvalue weighted by molar-refractivity contribution is 8.00. The van der Waals surface area contributed by atoms with E-state index < -0.39 is 5.25 Å². The van der Waals surface area contributed by atoms with E-state index in [9.17, 15) is 15.3 Å². The fourth-order valence-electron chi connectivity index (χ4n) is 4.95. The van der Waals surface area contributed by atoms with Crippen LogP contribution >= 0.6 is 11.8 Å². The van der Waals surface area contributed by atoms with Gasteiger partial charge in [0.05, 0.1) is 21.8 Å². The number of pyridine rings is 1. The second-order valence-corrected chi connectivity index (χ2v) is 10.8. The van der Waals surface area contributed by atoms with E-state index in [1.54, 1.807) is 4.57 Å². The van der Waals surface area contributed by atoms with Gasteiger partial charge in [-0.05, 0) is 35.6 Å². The Balaban J connectivity index is 1.62. The average Bonchev–Trinajstić information content (AvgIpc) is 3.29. The topological polar surface area (TPSA) is 108 Å². The smallest absolute Gasteiger partial charge is 0.245 e. The summed E-state index contributed by atoms with van der Waals surface area (Å²) in [5, 5.41) is 22.0. The largest absolute Gasteiger partial charge is 0.383 e. The molecule has 0 aliphatic rings. The number of nitriles is 2. The molecule has 0 aliphatic heterocycles. The van der Waals surface area contributed by atoms with Crippen molar-refractivity contribution in [3.05, 3.63) is 89.5 Å². The second-order valence-electron chi connectivity index (χ2n) is 9.65. The lowest BCUT2D eigenvalue weighted by molar-refractivity contribution is 0.0919. The predicted molar refractivity (Wildman–Crippen MR) is 158 cm³/mol. The first kappa shape index (κ1) is 26.0. The number of hydrogen-bond donors (Lipinski definition) is 1. The number of nitrogen functional groups attached to an aromatic ring is 1. The molecule has 3 aromatic carbocycles. The SMILES string of the molecule is CCC(Sc1nc(N)c(C#N)c(-c2ccc(C(C)C)cc2)c1C#N)C(=O)n1c2ccccc2c2ccccc21. The number of carbonyl (C=O) groups excluding carboxylic acids is 1. The monoisotopic (exact) mass is 529 g/mol. The van der Waals surface area contributed by atoms with Gasteiger partial charge in [0.25, 0.3) is 0 Å². The van der Waals surface area contributed by atoms with Gasteiger partial charge in [-0.3, -0.25) is 9.36 Å². The molecule has 7 heteroatoms. The Morgan fingerprint density at radius 3 is 2.00 bits per heavy atom. The summed E-state index contributed by atoms with van der Waals surface area (Å²) in [5.41, 5.74) is 10.7. The van der Waals surface area contributed by atoms with Crippen molar-refractivity contribution in [2.75, 3.05) is 5.73 Å². The van der Waals surface area contributed by atoms with Crippen molar-refractivity contribution in [3.63, 3.8) is 0 Å². The van der Waals surface area contributed by atoms with E-state index in [1.807, 2.05) is 79.7 Å². The van der Waals surface area contributed by atoms with Gasteiger partial charge in [-0.2, -0.15) is 10.5 Å². The zero-order valence-electron chi connectivity index (χ0n) is 22.0. The number of para-hydroxylation sites is 2. The number of benzene rings is 3. The van der Waals surface area contributed by atoms with Gasteiger partial charge in [-0.15, -0.1) is 0 Å². The highest BCUT2D eigenvalue weighted by atomic mass is 32.2. The summed E-state index contributed by atoms with van der Waals surface area (Å²) in [4.78, 5) is 18.5. The second kappa shape index (κ2) is 10.6. The minimum absolute atomic E-state index is 0.0427. The molecule has 0 aliphatic carbocycles. The molecule has 2 N–H and O–H groups in total. The highest BCUT2D eigenvalue weighted by Gasteiger charge is 2.28. The summed E-state index contributed by atoms with van der Waals surface area (Å²) in [6.07, 6.45) is 0.509. The number of carbonyl (C=O) groups is 1. The van der Waals surface area contributed by atoms with Crippen LogP contribution in [0.4, 0.5) is 5.82 Å². The van der Waals surface area contributed by atoms with Gasteiger partial charge >= 0.3 is 0 Å². The zero-order valence-corrected chi connectivity index (χ0v) is 22.8. The molecule has 0 fully saturated rings. The van der Waals surface area contributed by atoms with Crippen LogP contribution in [0.3, 0.4) is 0 Å². The Hall–Kier alpha value is -4.59. The predicted octanol–water partition coefficient (Wildman–Crippen LogP) is 7.52. The lowest BCUT2D eigenvalue weighted by Gasteiger charge is -2.18. The summed E-state index contributed by atoms with van der Waals surface area (Å²) in [7, 11) is 0. The van der Waals surface area contributed by atoms with Crippen LogP contribution in [0.2, 0.25) is 0 Å². The van der Waals surface area contributed by atoms with E-state index in [0.717, 1.165) is 27.4 Å². The van der Waals surface area contributed by atoms with Gasteiger partial charge in [0, 0.05) is 16.3 Å². The van der Waals surface area contributed by atoms with Gasteiger partial charge in [0.2, 0.25) is 5.91 Å². The van der Waals surface area contributed by atoms with Crippen molar-refractivity contribution in [2.24, 2.45) is 0 Å². The maximum Gasteiger partial charge on any atom is 0.245 e. The molecule has 2 aromatic heterocycles. The first-order chi connectivity index (χ1) is 18.9. The molecule has 6 nitrogen and oxygen atoms in total. The summed E-state index contributed by atoms with van der Waals surface area (Å²) in [5.74, 6) is 0.285. The third kappa shape index (κ3) is 4.52. The van der Waals surface area contributed by atoms with Crippen molar-refractivity contribution in [1.82, 2.24) is 9.55 Å². The quantitative estimate of drug-likeness (QED) is 0.228. The first-order valence-corrected chi connectivity index (χ1v) is 13.7. The van der Waals surface area contributed by atoms with E-state index in [4.69, 9.17) is 5.73 Å². The van der Waals surface area contributed by atoms with E-state index >= 15 is 0 Å². The number of nitrogens with two attached hydrogens (primary N) is 1. The number of nitrogens with zero attached hydrogens (tertiary/aromatic N) is 4. The number of rotatable bonds is 6. The molecule has 0 saturated carbocycles. The molecule has 2 heterocycles. The third-order valence-corrected chi connectivity index (χ3v) is 8.32. The molecule has 192 valence electrons. The number of thioether (sulfide) groups is 1. The highest BCUT2D eigenvalue weighted by Crippen LogP contribution is 2.39. The first-order valence-electron chi connectivity index (χ1n) is 12.8. The normalized spacial score (nSPS) is 11.9. The third-order valence-electron chi connectivity index (χ3n) is 6.98. The molecule has 1 atom stereocenters. The van der Waals surface area contributed by atoms with Gasteiger partial charge in [0.1, 0.15) is 28.5 Å². The van der Waals surface area contributed by atoms with Crippen LogP contribution in [0.1, 0.15) is 54.6 Å². The van der Waals surface area contributed by atoms with Gasteiger partial charge in [-0.25, -0.2) is 4.98 Å². The van der Waals surface area contributed by atoms with E-state index in [2.05, 4.69) is 31.0 Å². The zero-order chi connectivity index (χ0) is 27.7. The Bertz CT molecular complexity index is 1750. The standard InChI is InChI=1S/C32H27N5OS/c1-4-28(32(38)37-26-11-7-5-9-22(26)23-10-6-8-12-27(23)37)39-31-25(18-34)29(24(17-33)30(35)36-31)21-15-13-20(14-16-21)19(2)3/h5-16,19,28H,4H2,1-3H3,(H2,35,36). The lowest BCUT2D eigenvalue weighted by Crippen LogP contribution is -2.24. The van der Waals surface area contributed by atoms with Crippen LogP contribution in [-0.4, -0.2) is 20.7 Å². The maximum absolute atomic E-state index is 14.1. The van der Waals surface area contributed by atoms with Crippen LogP contribution in [-0.2, 0) is 0 Å². The Labute approximate surface area is 231 Å². The van der Waals surface area contributed by atoms with Gasteiger partial charge in [0.15, 0.2) is 0 Å². The van der Waals surface area contributed by atoms with Crippen LogP contribution in [0.25, 0.3) is 32.9 Å². The Morgan fingerprint density at radius 2 is 1.49 bits per heavy atom. The number of fused-ring (bicyclic) bond motifs is 3. The molecule has 0 amide bonds. The fourth-order valence-corrected chi connectivity index (χ4v) is 6.01. The van der Waals surface area contributed by atoms with Crippen molar-refractivity contribution in [2.45, 2.75) is 43.4 Å². The minimum atomic E-state index is -0.535. The summed E-state index contributed by atoms with van der Waals surface area (Å²) < 4.78 is 1.76. The number of aromatic nitrogens is 2. The van der Waals surface area contributed by atoms with Crippen molar-refractivity contribution in [1.29, 1.82) is 10.5 Å². The van der Waals surface area contributed by atoms with Crippen LogP contribution in [0, 0.1) is 22.7 Å². The van der Waals surface area contributed by atoms with E-state index in [1.165, 1.54) is 11.8 Å². The molecule has 5 aromatic rings. The molecule has 0 radical (unpaired) electrons. The van der Waals surface area contributed by atoms with Crippen LogP contribution in [0.15, 0.2) is 77.8 Å².